The van der Waals surface area contributed by atoms with Crippen molar-refractivity contribution in [3.05, 3.63) is 29.3 Å². The molecule has 170 valence electrons. The lowest BCUT2D eigenvalue weighted by Crippen LogP contribution is -2.54. The highest BCUT2D eigenvalue weighted by Crippen LogP contribution is 2.60. The Hall–Kier alpha value is -1.93. The van der Waals surface area contributed by atoms with Crippen molar-refractivity contribution in [2.24, 2.45) is 23.2 Å². The fraction of sp³-hybridized carbons (Fsp3) is 0.652. The van der Waals surface area contributed by atoms with Gasteiger partial charge in [0.25, 0.3) is 0 Å². The van der Waals surface area contributed by atoms with Crippen LogP contribution in [0.3, 0.4) is 0 Å². The lowest BCUT2D eigenvalue weighted by molar-refractivity contribution is -0.147. The van der Waals surface area contributed by atoms with E-state index in [0.29, 0.717) is 23.3 Å². The normalized spacial score (nSPS) is 29.0. The van der Waals surface area contributed by atoms with Crippen molar-refractivity contribution in [3.63, 3.8) is 0 Å². The molecule has 0 saturated heterocycles. The van der Waals surface area contributed by atoms with Gasteiger partial charge in [-0.3, -0.25) is 9.59 Å². The van der Waals surface area contributed by atoms with Gasteiger partial charge in [-0.25, -0.2) is 13.1 Å². The first-order valence-electron chi connectivity index (χ1n) is 11.3. The molecule has 31 heavy (non-hydrogen) atoms. The van der Waals surface area contributed by atoms with E-state index in [2.05, 4.69) is 15.4 Å². The monoisotopic (exact) mass is 447 g/mol. The molecule has 5 rings (SSSR count). The van der Waals surface area contributed by atoms with Gasteiger partial charge in [0, 0.05) is 18.5 Å². The summed E-state index contributed by atoms with van der Waals surface area (Å²) < 4.78 is 27.5. The molecule has 7 nitrogen and oxygen atoms in total. The van der Waals surface area contributed by atoms with Gasteiger partial charge in [0.2, 0.25) is 21.8 Å². The lowest BCUT2D eigenvalue weighted by Gasteiger charge is -2.55. The van der Waals surface area contributed by atoms with Crippen LogP contribution >= 0.6 is 0 Å². The summed E-state index contributed by atoms with van der Waals surface area (Å²) in [5.41, 5.74) is 1.28. The Morgan fingerprint density at radius 1 is 0.968 bits per heavy atom. The van der Waals surface area contributed by atoms with Gasteiger partial charge in [0.15, 0.2) is 0 Å². The zero-order valence-corrected chi connectivity index (χ0v) is 19.2. The second kappa shape index (κ2) is 8.54. The topological polar surface area (TPSA) is 104 Å². The molecule has 1 aromatic carbocycles. The van der Waals surface area contributed by atoms with E-state index >= 15 is 0 Å². The van der Waals surface area contributed by atoms with Crippen molar-refractivity contribution < 1.29 is 18.0 Å². The number of amides is 2. The van der Waals surface area contributed by atoms with Crippen LogP contribution in [-0.2, 0) is 19.6 Å². The van der Waals surface area contributed by atoms with E-state index in [-0.39, 0.29) is 41.8 Å². The zero-order valence-electron chi connectivity index (χ0n) is 18.4. The first-order valence-corrected chi connectivity index (χ1v) is 12.8. The maximum absolute atomic E-state index is 12.9. The molecule has 2 amide bonds. The molecule has 0 aliphatic heterocycles. The lowest BCUT2D eigenvalue weighted by atomic mass is 9.49. The number of carbonyl (C=O) groups excluding carboxylic acids is 2. The Morgan fingerprint density at radius 2 is 1.58 bits per heavy atom. The molecular formula is C23H33N3O4S. The number of sulfonamides is 1. The van der Waals surface area contributed by atoms with Crippen LogP contribution in [0.4, 0.5) is 0 Å². The summed E-state index contributed by atoms with van der Waals surface area (Å²) in [6.45, 7) is 3.78. The van der Waals surface area contributed by atoms with E-state index in [4.69, 9.17) is 0 Å². The number of carbonyl (C=O) groups is 2. The molecule has 3 N–H and O–H groups in total. The second-order valence-electron chi connectivity index (χ2n) is 9.90. The number of hydrogen-bond donors (Lipinski definition) is 3. The summed E-state index contributed by atoms with van der Waals surface area (Å²) in [6.07, 6.45) is 6.70. The van der Waals surface area contributed by atoms with E-state index in [9.17, 15) is 18.0 Å². The third-order valence-corrected chi connectivity index (χ3v) is 8.90. The minimum absolute atomic E-state index is 0.0253. The van der Waals surface area contributed by atoms with Gasteiger partial charge in [0.05, 0.1) is 11.4 Å². The summed E-state index contributed by atoms with van der Waals surface area (Å²) >= 11 is 0. The average molecular weight is 448 g/mol. The van der Waals surface area contributed by atoms with Gasteiger partial charge in [-0.15, -0.1) is 0 Å². The molecular weight excluding hydrogens is 414 g/mol. The molecule has 4 saturated carbocycles. The molecule has 0 unspecified atom stereocenters. The smallest absolute Gasteiger partial charge is 0.240 e. The predicted octanol–water partition coefficient (Wildman–Crippen LogP) is 2.03. The predicted molar refractivity (Wildman–Crippen MR) is 118 cm³/mol. The molecule has 4 bridgehead atoms. The van der Waals surface area contributed by atoms with Crippen molar-refractivity contribution in [2.75, 3.05) is 19.6 Å². The Kier molecular flexibility index (Phi) is 6.14. The summed E-state index contributed by atoms with van der Waals surface area (Å²) in [5.74, 6) is 1.75. The number of hydrogen-bond acceptors (Lipinski definition) is 4. The van der Waals surface area contributed by atoms with Crippen LogP contribution in [0.25, 0.3) is 0 Å². The highest BCUT2D eigenvalue weighted by atomic mass is 32.2. The van der Waals surface area contributed by atoms with Crippen molar-refractivity contribution in [2.45, 2.75) is 57.3 Å². The van der Waals surface area contributed by atoms with Crippen LogP contribution in [0.2, 0.25) is 0 Å². The minimum atomic E-state index is -3.63. The van der Waals surface area contributed by atoms with Crippen LogP contribution in [0.15, 0.2) is 23.1 Å². The molecule has 0 spiro atoms. The minimum Gasteiger partial charge on any atom is -0.353 e. The van der Waals surface area contributed by atoms with Crippen LogP contribution in [0, 0.1) is 37.0 Å². The number of benzene rings is 1. The van der Waals surface area contributed by atoms with E-state index < -0.39 is 10.0 Å². The maximum atomic E-state index is 12.9. The Bertz CT molecular complexity index is 938. The SMILES string of the molecule is Cc1ccc(C)c(S(=O)(=O)NCCNC(=O)CNC(=O)C23CC4CC(CC(C4)C2)C3)c1. The van der Waals surface area contributed by atoms with Gasteiger partial charge >= 0.3 is 0 Å². The first kappa shape index (κ1) is 22.3. The van der Waals surface area contributed by atoms with E-state index in [1.165, 1.54) is 19.3 Å². The Labute approximate surface area is 184 Å². The third-order valence-electron chi connectivity index (χ3n) is 7.30. The fourth-order valence-electron chi connectivity index (χ4n) is 6.26. The van der Waals surface area contributed by atoms with Gasteiger partial charge in [-0.05, 0) is 87.3 Å². The maximum Gasteiger partial charge on any atom is 0.240 e. The number of nitrogens with one attached hydrogen (secondary N) is 3. The molecule has 4 fully saturated rings. The van der Waals surface area contributed by atoms with Crippen LogP contribution in [0.1, 0.15) is 49.7 Å². The molecule has 0 heterocycles. The van der Waals surface area contributed by atoms with E-state index in [1.807, 2.05) is 13.0 Å². The molecule has 1 aromatic rings. The van der Waals surface area contributed by atoms with Crippen molar-refractivity contribution in [3.8, 4) is 0 Å². The van der Waals surface area contributed by atoms with Gasteiger partial charge < -0.3 is 10.6 Å². The number of rotatable bonds is 8. The van der Waals surface area contributed by atoms with Crippen LogP contribution in [0.5, 0.6) is 0 Å². The molecule has 8 heteroatoms. The molecule has 0 radical (unpaired) electrons. The van der Waals surface area contributed by atoms with Gasteiger partial charge in [0.1, 0.15) is 0 Å². The summed E-state index contributed by atoms with van der Waals surface area (Å²) in [7, 11) is -3.63. The highest BCUT2D eigenvalue weighted by Gasteiger charge is 2.54. The average Bonchev–Trinajstić information content (AvgIpc) is 2.70. The van der Waals surface area contributed by atoms with Crippen molar-refractivity contribution in [1.82, 2.24) is 15.4 Å². The molecule has 4 aliphatic rings. The number of aryl methyl sites for hydroxylation is 2. The van der Waals surface area contributed by atoms with Crippen LogP contribution in [-0.4, -0.2) is 39.9 Å². The Balaban J connectivity index is 1.20. The van der Waals surface area contributed by atoms with E-state index in [0.717, 1.165) is 24.8 Å². The van der Waals surface area contributed by atoms with Gasteiger partial charge in [-0.2, -0.15) is 0 Å². The fourth-order valence-corrected chi connectivity index (χ4v) is 7.62. The molecule has 4 aliphatic carbocycles. The highest BCUT2D eigenvalue weighted by molar-refractivity contribution is 7.89. The molecule has 0 atom stereocenters. The van der Waals surface area contributed by atoms with Crippen molar-refractivity contribution in [1.29, 1.82) is 0 Å². The quantitative estimate of drug-likeness (QED) is 0.531. The Morgan fingerprint density at radius 3 is 2.19 bits per heavy atom. The zero-order chi connectivity index (χ0) is 22.2. The third kappa shape index (κ3) is 4.80. The van der Waals surface area contributed by atoms with Gasteiger partial charge in [-0.1, -0.05) is 12.1 Å². The van der Waals surface area contributed by atoms with E-state index in [1.54, 1.807) is 19.1 Å². The summed E-state index contributed by atoms with van der Waals surface area (Å²) in [6, 6.07) is 5.28. The summed E-state index contributed by atoms with van der Waals surface area (Å²) in [4.78, 5) is 25.3. The van der Waals surface area contributed by atoms with Crippen molar-refractivity contribution >= 4 is 21.8 Å². The van der Waals surface area contributed by atoms with Crippen LogP contribution < -0.4 is 15.4 Å². The first-order chi connectivity index (χ1) is 14.7. The largest absolute Gasteiger partial charge is 0.353 e. The standard InChI is InChI=1S/C23H33N3O4S/c1-15-3-4-16(2)20(7-15)31(29,30)26-6-5-24-21(27)14-25-22(28)23-11-17-8-18(12-23)10-19(9-17)13-23/h3-4,7,17-19,26H,5-6,8-14H2,1-2H3,(H,24,27)(H,25,28). The molecule has 0 aromatic heterocycles. The second-order valence-corrected chi connectivity index (χ2v) is 11.6. The summed E-state index contributed by atoms with van der Waals surface area (Å²) in [5, 5.41) is 5.53.